The lowest BCUT2D eigenvalue weighted by molar-refractivity contribution is 0.0267. The average Bonchev–Trinajstić information content (AvgIpc) is 2.41. The third-order valence-corrected chi connectivity index (χ3v) is 3.94. The monoisotopic (exact) mass is 256 g/mol. The van der Waals surface area contributed by atoms with Gasteiger partial charge in [-0.1, -0.05) is 36.4 Å². The minimum absolute atomic E-state index is 0.232. The van der Waals surface area contributed by atoms with Crippen LogP contribution in [0.2, 0.25) is 0 Å². The number of hydrogen-bond acceptors (Lipinski definition) is 1. The molecular formula is C17H17FO. The van der Waals surface area contributed by atoms with Crippen LogP contribution in [0.15, 0.2) is 48.5 Å². The quantitative estimate of drug-likeness (QED) is 0.874. The van der Waals surface area contributed by atoms with E-state index in [1.54, 1.807) is 12.1 Å². The van der Waals surface area contributed by atoms with Crippen molar-refractivity contribution in [3.8, 4) is 0 Å². The number of fused-ring (bicyclic) bond motifs is 1. The molecule has 0 saturated heterocycles. The second-order valence-corrected chi connectivity index (χ2v) is 5.47. The predicted molar refractivity (Wildman–Crippen MR) is 73.5 cm³/mol. The number of benzene rings is 2. The first-order valence-corrected chi connectivity index (χ1v) is 6.68. The number of hydrogen-bond donors (Lipinski definition) is 1. The molecule has 2 aromatic rings. The molecule has 0 saturated carbocycles. The van der Waals surface area contributed by atoms with Crippen LogP contribution in [0.5, 0.6) is 0 Å². The van der Waals surface area contributed by atoms with Crippen molar-refractivity contribution in [3.63, 3.8) is 0 Å². The van der Waals surface area contributed by atoms with Crippen LogP contribution in [0, 0.1) is 5.82 Å². The molecule has 1 nitrogen and oxygen atoms in total. The van der Waals surface area contributed by atoms with E-state index in [4.69, 9.17) is 0 Å². The van der Waals surface area contributed by atoms with Crippen molar-refractivity contribution in [3.05, 3.63) is 71.0 Å². The van der Waals surface area contributed by atoms with Crippen molar-refractivity contribution in [2.45, 2.75) is 31.3 Å². The molecule has 1 N–H and O–H groups in total. The summed E-state index contributed by atoms with van der Waals surface area (Å²) >= 11 is 0. The van der Waals surface area contributed by atoms with Gasteiger partial charge in [-0.2, -0.15) is 0 Å². The van der Waals surface area contributed by atoms with Gasteiger partial charge in [-0.15, -0.1) is 0 Å². The summed E-state index contributed by atoms with van der Waals surface area (Å²) in [6.45, 7) is 0. The van der Waals surface area contributed by atoms with Gasteiger partial charge in [0.15, 0.2) is 0 Å². The van der Waals surface area contributed by atoms with E-state index in [2.05, 4.69) is 12.1 Å². The summed E-state index contributed by atoms with van der Waals surface area (Å²) < 4.78 is 12.9. The molecule has 1 aliphatic rings. The SMILES string of the molecule is OC1(Cc2ccc(F)cc2)CCc2ccccc2C1. The molecule has 3 rings (SSSR count). The first-order chi connectivity index (χ1) is 9.15. The Labute approximate surface area is 112 Å². The van der Waals surface area contributed by atoms with Crippen molar-refractivity contribution < 1.29 is 9.50 Å². The molecule has 0 bridgehead atoms. The highest BCUT2D eigenvalue weighted by molar-refractivity contribution is 5.32. The lowest BCUT2D eigenvalue weighted by Crippen LogP contribution is -2.38. The maximum Gasteiger partial charge on any atom is 0.123 e. The summed E-state index contributed by atoms with van der Waals surface area (Å²) in [5, 5.41) is 10.7. The lowest BCUT2D eigenvalue weighted by Gasteiger charge is -2.33. The summed E-state index contributed by atoms with van der Waals surface area (Å²) in [5.74, 6) is -0.232. The van der Waals surface area contributed by atoms with Crippen LogP contribution in [0.4, 0.5) is 4.39 Å². The molecule has 0 spiro atoms. The molecule has 2 heteroatoms. The molecule has 2 aromatic carbocycles. The molecule has 0 aliphatic heterocycles. The third kappa shape index (κ3) is 2.69. The molecule has 0 fully saturated rings. The minimum Gasteiger partial charge on any atom is -0.389 e. The highest BCUT2D eigenvalue weighted by atomic mass is 19.1. The molecule has 0 radical (unpaired) electrons. The number of aryl methyl sites for hydroxylation is 1. The predicted octanol–water partition coefficient (Wildman–Crippen LogP) is 3.29. The Morgan fingerprint density at radius 2 is 1.68 bits per heavy atom. The summed E-state index contributed by atoms with van der Waals surface area (Å²) in [7, 11) is 0. The van der Waals surface area contributed by atoms with Crippen LogP contribution in [0.1, 0.15) is 23.1 Å². The Kier molecular flexibility index (Phi) is 3.11. The fourth-order valence-corrected chi connectivity index (χ4v) is 2.92. The van der Waals surface area contributed by atoms with Gasteiger partial charge in [0.1, 0.15) is 5.82 Å². The van der Waals surface area contributed by atoms with Crippen molar-refractivity contribution >= 4 is 0 Å². The zero-order valence-electron chi connectivity index (χ0n) is 10.8. The highest BCUT2D eigenvalue weighted by Crippen LogP contribution is 2.31. The molecular weight excluding hydrogens is 239 g/mol. The van der Waals surface area contributed by atoms with Crippen LogP contribution in [0.3, 0.4) is 0 Å². The molecule has 0 heterocycles. The van der Waals surface area contributed by atoms with E-state index >= 15 is 0 Å². The van der Waals surface area contributed by atoms with Gasteiger partial charge in [-0.25, -0.2) is 4.39 Å². The molecule has 1 atom stereocenters. The Balaban J connectivity index is 1.80. The van der Waals surface area contributed by atoms with Gasteiger partial charge >= 0.3 is 0 Å². The summed E-state index contributed by atoms with van der Waals surface area (Å²) in [4.78, 5) is 0. The van der Waals surface area contributed by atoms with E-state index in [0.29, 0.717) is 12.8 Å². The van der Waals surface area contributed by atoms with Crippen molar-refractivity contribution in [1.29, 1.82) is 0 Å². The maximum absolute atomic E-state index is 12.9. The molecule has 98 valence electrons. The largest absolute Gasteiger partial charge is 0.389 e. The van der Waals surface area contributed by atoms with Gasteiger partial charge in [-0.3, -0.25) is 0 Å². The molecule has 1 unspecified atom stereocenters. The van der Waals surface area contributed by atoms with Gasteiger partial charge in [0.2, 0.25) is 0 Å². The average molecular weight is 256 g/mol. The standard InChI is InChI=1S/C17H17FO/c18-16-7-5-13(6-8-16)11-17(19)10-9-14-3-1-2-4-15(14)12-17/h1-8,19H,9-12H2. The van der Waals surface area contributed by atoms with E-state index < -0.39 is 5.60 Å². The van der Waals surface area contributed by atoms with E-state index in [0.717, 1.165) is 18.4 Å². The Bertz CT molecular complexity index is 576. The van der Waals surface area contributed by atoms with Gasteiger partial charge in [0.25, 0.3) is 0 Å². The van der Waals surface area contributed by atoms with Crippen molar-refractivity contribution in [2.75, 3.05) is 0 Å². The van der Waals surface area contributed by atoms with Crippen LogP contribution < -0.4 is 0 Å². The highest BCUT2D eigenvalue weighted by Gasteiger charge is 2.31. The van der Waals surface area contributed by atoms with E-state index in [1.807, 2.05) is 12.1 Å². The maximum atomic E-state index is 12.9. The lowest BCUT2D eigenvalue weighted by atomic mass is 9.77. The first-order valence-electron chi connectivity index (χ1n) is 6.68. The number of halogens is 1. The molecule has 0 amide bonds. The summed E-state index contributed by atoms with van der Waals surface area (Å²) in [5.41, 5.74) is 2.86. The second-order valence-electron chi connectivity index (χ2n) is 5.47. The first kappa shape index (κ1) is 12.4. The second kappa shape index (κ2) is 4.78. The summed E-state index contributed by atoms with van der Waals surface area (Å²) in [6.07, 6.45) is 2.94. The van der Waals surface area contributed by atoms with Crippen molar-refractivity contribution in [2.24, 2.45) is 0 Å². The number of aliphatic hydroxyl groups is 1. The van der Waals surface area contributed by atoms with Crippen LogP contribution in [0.25, 0.3) is 0 Å². The van der Waals surface area contributed by atoms with E-state index in [-0.39, 0.29) is 5.82 Å². The van der Waals surface area contributed by atoms with E-state index in [9.17, 15) is 9.50 Å². The zero-order chi connectivity index (χ0) is 13.3. The zero-order valence-corrected chi connectivity index (χ0v) is 10.8. The Hall–Kier alpha value is -1.67. The van der Waals surface area contributed by atoms with E-state index in [1.165, 1.54) is 23.3 Å². The van der Waals surface area contributed by atoms with Crippen LogP contribution >= 0.6 is 0 Å². The van der Waals surface area contributed by atoms with Gasteiger partial charge < -0.3 is 5.11 Å². The van der Waals surface area contributed by atoms with Gasteiger partial charge in [-0.05, 0) is 41.7 Å². The fraction of sp³-hybridized carbons (Fsp3) is 0.294. The Morgan fingerprint density at radius 3 is 2.42 bits per heavy atom. The van der Waals surface area contributed by atoms with Crippen molar-refractivity contribution in [1.82, 2.24) is 0 Å². The fourth-order valence-electron chi connectivity index (χ4n) is 2.92. The molecule has 1 aliphatic carbocycles. The van der Waals surface area contributed by atoms with Crippen LogP contribution in [-0.4, -0.2) is 10.7 Å². The smallest absolute Gasteiger partial charge is 0.123 e. The normalized spacial score (nSPS) is 22.0. The summed E-state index contributed by atoms with van der Waals surface area (Å²) in [6, 6.07) is 14.7. The van der Waals surface area contributed by atoms with Gasteiger partial charge in [0.05, 0.1) is 5.60 Å². The van der Waals surface area contributed by atoms with Gasteiger partial charge in [0, 0.05) is 12.8 Å². The Morgan fingerprint density at radius 1 is 1.00 bits per heavy atom. The van der Waals surface area contributed by atoms with Crippen LogP contribution in [-0.2, 0) is 19.3 Å². The molecule has 19 heavy (non-hydrogen) atoms. The topological polar surface area (TPSA) is 20.2 Å². The molecule has 0 aromatic heterocycles. The minimum atomic E-state index is -0.702. The number of rotatable bonds is 2. The third-order valence-electron chi connectivity index (χ3n) is 3.94.